The van der Waals surface area contributed by atoms with Crippen molar-refractivity contribution in [2.75, 3.05) is 7.05 Å². The maximum Gasteiger partial charge on any atom is 0.416 e. The lowest BCUT2D eigenvalue weighted by atomic mass is 10.00. The second-order valence-electron chi connectivity index (χ2n) is 3.29. The maximum absolute atomic E-state index is 12.8. The van der Waals surface area contributed by atoms with Gasteiger partial charge in [-0.2, -0.15) is 13.2 Å². The quantitative estimate of drug-likeness (QED) is 0.809. The molecule has 0 amide bonds. The van der Waals surface area contributed by atoms with Crippen LogP contribution in [-0.2, 0) is 11.0 Å². The number of halogens is 4. The minimum atomic E-state index is -4.80. The molecule has 0 saturated heterocycles. The van der Waals surface area contributed by atoms with Gasteiger partial charge in [0.25, 0.3) is 0 Å². The normalized spacial score (nSPS) is 13.5. The summed E-state index contributed by atoms with van der Waals surface area (Å²) in [5.41, 5.74) is -1.81. The molecule has 94 valence electrons. The Hall–Kier alpha value is -1.63. The molecule has 0 heterocycles. The lowest BCUT2D eigenvalue weighted by Crippen LogP contribution is -2.27. The van der Waals surface area contributed by atoms with Crippen molar-refractivity contribution < 1.29 is 27.5 Å². The van der Waals surface area contributed by atoms with Crippen LogP contribution in [0, 0.1) is 5.82 Å². The molecule has 1 rings (SSSR count). The van der Waals surface area contributed by atoms with Crippen LogP contribution in [0.15, 0.2) is 18.2 Å². The minimum absolute atomic E-state index is 0.280. The van der Waals surface area contributed by atoms with Crippen LogP contribution in [-0.4, -0.2) is 18.1 Å². The molecule has 1 unspecified atom stereocenters. The average molecular weight is 251 g/mol. The van der Waals surface area contributed by atoms with Crippen LogP contribution in [0.2, 0.25) is 0 Å². The highest BCUT2D eigenvalue weighted by molar-refractivity contribution is 5.76. The van der Waals surface area contributed by atoms with Gasteiger partial charge in [0.2, 0.25) is 0 Å². The predicted molar refractivity (Wildman–Crippen MR) is 50.8 cm³/mol. The van der Waals surface area contributed by atoms with Crippen molar-refractivity contribution >= 4 is 5.97 Å². The van der Waals surface area contributed by atoms with Crippen molar-refractivity contribution in [2.24, 2.45) is 0 Å². The second-order valence-corrected chi connectivity index (χ2v) is 3.29. The van der Waals surface area contributed by atoms with Crippen molar-refractivity contribution in [1.82, 2.24) is 5.32 Å². The Morgan fingerprint density at radius 3 is 2.41 bits per heavy atom. The summed E-state index contributed by atoms with van der Waals surface area (Å²) < 4.78 is 50.6. The van der Waals surface area contributed by atoms with Crippen molar-refractivity contribution in [3.05, 3.63) is 35.1 Å². The molecule has 0 aromatic heterocycles. The summed E-state index contributed by atoms with van der Waals surface area (Å²) >= 11 is 0. The number of hydrogen-bond acceptors (Lipinski definition) is 2. The van der Waals surface area contributed by atoms with Gasteiger partial charge in [-0.15, -0.1) is 0 Å². The van der Waals surface area contributed by atoms with E-state index in [9.17, 15) is 22.4 Å². The molecule has 0 spiro atoms. The summed E-state index contributed by atoms with van der Waals surface area (Å²) in [7, 11) is 1.21. The third-order valence-corrected chi connectivity index (χ3v) is 2.17. The fourth-order valence-electron chi connectivity index (χ4n) is 1.44. The van der Waals surface area contributed by atoms with Gasteiger partial charge in [-0.1, -0.05) is 6.07 Å². The first-order valence-corrected chi connectivity index (χ1v) is 4.54. The highest BCUT2D eigenvalue weighted by Crippen LogP contribution is 2.35. The molecule has 0 bridgehead atoms. The first kappa shape index (κ1) is 13.4. The van der Waals surface area contributed by atoms with Gasteiger partial charge in [0, 0.05) is 0 Å². The van der Waals surface area contributed by atoms with Crippen LogP contribution in [0.4, 0.5) is 17.6 Å². The van der Waals surface area contributed by atoms with E-state index in [4.69, 9.17) is 5.11 Å². The SMILES string of the molecule is CNC(C(=O)O)c1ccc(F)cc1C(F)(F)F. The first-order chi connectivity index (χ1) is 7.77. The molecule has 0 saturated carbocycles. The van der Waals surface area contributed by atoms with Crippen LogP contribution in [0.3, 0.4) is 0 Å². The zero-order valence-corrected chi connectivity index (χ0v) is 8.68. The molecular formula is C10H9F4NO2. The largest absolute Gasteiger partial charge is 0.480 e. The number of aliphatic carboxylic acids is 1. The van der Waals surface area contributed by atoms with Crippen molar-refractivity contribution in [1.29, 1.82) is 0 Å². The lowest BCUT2D eigenvalue weighted by molar-refractivity contribution is -0.142. The Balaban J connectivity index is 3.37. The van der Waals surface area contributed by atoms with Crippen LogP contribution in [0.25, 0.3) is 0 Å². The fraction of sp³-hybridized carbons (Fsp3) is 0.300. The highest BCUT2D eigenvalue weighted by atomic mass is 19.4. The molecule has 0 aliphatic heterocycles. The molecule has 0 aliphatic rings. The molecule has 0 radical (unpaired) electrons. The number of benzene rings is 1. The Kier molecular flexibility index (Phi) is 3.72. The van der Waals surface area contributed by atoms with Gasteiger partial charge in [0.05, 0.1) is 5.56 Å². The lowest BCUT2D eigenvalue weighted by Gasteiger charge is -2.18. The van der Waals surface area contributed by atoms with Crippen LogP contribution < -0.4 is 5.32 Å². The van der Waals surface area contributed by atoms with Crippen molar-refractivity contribution in [3.8, 4) is 0 Å². The highest BCUT2D eigenvalue weighted by Gasteiger charge is 2.37. The smallest absolute Gasteiger partial charge is 0.416 e. The van der Waals surface area contributed by atoms with Gasteiger partial charge in [-0.05, 0) is 24.7 Å². The number of alkyl halides is 3. The van der Waals surface area contributed by atoms with Crippen LogP contribution in [0.5, 0.6) is 0 Å². The van der Waals surface area contributed by atoms with E-state index >= 15 is 0 Å². The van der Waals surface area contributed by atoms with Gasteiger partial charge in [-0.25, -0.2) is 4.39 Å². The molecule has 0 fully saturated rings. The van der Waals surface area contributed by atoms with E-state index in [0.29, 0.717) is 0 Å². The van der Waals surface area contributed by atoms with E-state index in [1.54, 1.807) is 0 Å². The molecular weight excluding hydrogens is 242 g/mol. The second kappa shape index (κ2) is 4.70. The number of carboxylic acids is 1. The zero-order valence-electron chi connectivity index (χ0n) is 8.68. The van der Waals surface area contributed by atoms with E-state index in [0.717, 1.165) is 12.1 Å². The third-order valence-electron chi connectivity index (χ3n) is 2.17. The summed E-state index contributed by atoms with van der Waals surface area (Å²) in [5, 5.41) is 11.0. The average Bonchev–Trinajstić information content (AvgIpc) is 2.19. The molecule has 17 heavy (non-hydrogen) atoms. The predicted octanol–water partition coefficient (Wildman–Crippen LogP) is 2.19. The number of likely N-dealkylation sites (N-methyl/N-ethyl adjacent to an activating group) is 1. The van der Waals surface area contributed by atoms with Gasteiger partial charge >= 0.3 is 12.1 Å². The van der Waals surface area contributed by atoms with Gasteiger partial charge < -0.3 is 10.4 Å². The Labute approximate surface area is 94.1 Å². The summed E-state index contributed by atoms with van der Waals surface area (Å²) in [6.45, 7) is 0. The first-order valence-electron chi connectivity index (χ1n) is 4.54. The van der Waals surface area contributed by atoms with Gasteiger partial charge in [0.1, 0.15) is 11.9 Å². The number of rotatable bonds is 3. The molecule has 1 aromatic rings. The topological polar surface area (TPSA) is 49.3 Å². The van der Waals surface area contributed by atoms with Crippen molar-refractivity contribution in [2.45, 2.75) is 12.2 Å². The van der Waals surface area contributed by atoms with Crippen LogP contribution in [0.1, 0.15) is 17.2 Å². The molecule has 0 aliphatic carbocycles. The Morgan fingerprint density at radius 2 is 2.00 bits per heavy atom. The van der Waals surface area contributed by atoms with E-state index in [1.807, 2.05) is 0 Å². The van der Waals surface area contributed by atoms with E-state index in [-0.39, 0.29) is 6.07 Å². The Morgan fingerprint density at radius 1 is 1.41 bits per heavy atom. The molecule has 7 heteroatoms. The van der Waals surface area contributed by atoms with E-state index in [1.165, 1.54) is 7.05 Å². The van der Waals surface area contributed by atoms with Crippen molar-refractivity contribution in [3.63, 3.8) is 0 Å². The van der Waals surface area contributed by atoms with Crippen LogP contribution >= 0.6 is 0 Å². The van der Waals surface area contributed by atoms with E-state index in [2.05, 4.69) is 5.32 Å². The third kappa shape index (κ3) is 2.94. The van der Waals surface area contributed by atoms with Gasteiger partial charge in [-0.3, -0.25) is 4.79 Å². The zero-order chi connectivity index (χ0) is 13.2. The number of carboxylic acid groups (broad SMARTS) is 1. The summed E-state index contributed by atoms with van der Waals surface area (Å²) in [5.74, 6) is -2.54. The number of hydrogen-bond donors (Lipinski definition) is 2. The molecule has 1 atom stereocenters. The molecule has 1 aromatic carbocycles. The summed E-state index contributed by atoms with van der Waals surface area (Å²) in [4.78, 5) is 10.8. The maximum atomic E-state index is 12.8. The van der Waals surface area contributed by atoms with E-state index < -0.39 is 35.1 Å². The molecule has 2 N–H and O–H groups in total. The minimum Gasteiger partial charge on any atom is -0.480 e. The Bertz CT molecular complexity index is 431. The fourth-order valence-corrected chi connectivity index (χ4v) is 1.44. The summed E-state index contributed by atoms with van der Waals surface area (Å²) in [6.07, 6.45) is -4.80. The van der Waals surface area contributed by atoms with Gasteiger partial charge in [0.15, 0.2) is 0 Å². The number of carbonyl (C=O) groups is 1. The monoisotopic (exact) mass is 251 g/mol. The number of nitrogens with one attached hydrogen (secondary N) is 1. The standard InChI is InChI=1S/C10H9F4NO2/c1-15-8(9(16)17)6-3-2-5(11)4-7(6)10(12,13)14/h2-4,8,15H,1H3,(H,16,17). The molecule has 3 nitrogen and oxygen atoms in total. The summed E-state index contributed by atoms with van der Waals surface area (Å²) in [6, 6.07) is 0.348.